The van der Waals surface area contributed by atoms with E-state index in [1.165, 1.54) is 44.1 Å². The Kier molecular flexibility index (Phi) is 3.35. The van der Waals surface area contributed by atoms with E-state index in [1.807, 2.05) is 0 Å². The first-order valence-electron chi connectivity index (χ1n) is 8.70. The molecule has 1 N–H and O–H groups in total. The number of rotatable bonds is 2. The highest BCUT2D eigenvalue weighted by atomic mass is 15.3. The molecule has 1 aliphatic carbocycles. The number of benzene rings is 1. The summed E-state index contributed by atoms with van der Waals surface area (Å²) in [4.78, 5) is 2.73. The fourth-order valence-electron chi connectivity index (χ4n) is 5.48. The van der Waals surface area contributed by atoms with Gasteiger partial charge in [-0.05, 0) is 43.7 Å². The predicted octanol–water partition coefficient (Wildman–Crippen LogP) is 3.22. The van der Waals surface area contributed by atoms with Crippen molar-refractivity contribution in [2.75, 3.05) is 7.05 Å². The highest BCUT2D eigenvalue weighted by molar-refractivity contribution is 5.20. The second kappa shape index (κ2) is 5.10. The summed E-state index contributed by atoms with van der Waals surface area (Å²) in [6, 6.07) is 13.9. The molecule has 21 heavy (non-hydrogen) atoms. The molecule has 0 radical (unpaired) electrons. The molecular weight excluding hydrogens is 256 g/mol. The summed E-state index contributed by atoms with van der Waals surface area (Å²) in [6.07, 6.45) is 8.16. The van der Waals surface area contributed by atoms with E-state index >= 15 is 0 Å². The lowest BCUT2D eigenvalue weighted by atomic mass is 9.70. The Bertz CT molecular complexity index is 500. The third-order valence-corrected chi connectivity index (χ3v) is 6.62. The molecule has 2 heteroatoms. The molecule has 0 spiro atoms. The Morgan fingerprint density at radius 3 is 2.76 bits per heavy atom. The van der Waals surface area contributed by atoms with Crippen LogP contribution < -0.4 is 5.32 Å². The molecular formula is C19H28N2. The standard InChI is InChI=1S/C19H28N2/c1-19-13-16-15(12-14-8-4-3-5-9-14)20-17(19)10-6-7-11-18(19)21(16)2/h3-5,8-9,15-18,20H,6-7,10-13H2,1-2H3/t15-,16+,17-,18?,19-/m1/s1. The molecule has 0 aromatic heterocycles. The van der Waals surface area contributed by atoms with Crippen molar-refractivity contribution in [2.24, 2.45) is 5.41 Å². The van der Waals surface area contributed by atoms with Crippen molar-refractivity contribution in [3.05, 3.63) is 35.9 Å². The molecule has 2 nitrogen and oxygen atoms in total. The molecule has 5 atom stereocenters. The number of piperidine rings is 1. The van der Waals surface area contributed by atoms with Crippen LogP contribution in [0.2, 0.25) is 0 Å². The lowest BCUT2D eigenvalue weighted by Gasteiger charge is -2.43. The van der Waals surface area contributed by atoms with Gasteiger partial charge in [0.15, 0.2) is 0 Å². The maximum absolute atomic E-state index is 4.06. The van der Waals surface area contributed by atoms with E-state index in [0.29, 0.717) is 11.5 Å². The van der Waals surface area contributed by atoms with Crippen molar-refractivity contribution >= 4 is 0 Å². The van der Waals surface area contributed by atoms with Crippen LogP contribution in [-0.2, 0) is 6.42 Å². The molecule has 2 heterocycles. The van der Waals surface area contributed by atoms with Gasteiger partial charge in [-0.3, -0.25) is 4.90 Å². The zero-order chi connectivity index (χ0) is 14.4. The van der Waals surface area contributed by atoms with Crippen molar-refractivity contribution in [1.82, 2.24) is 10.2 Å². The Morgan fingerprint density at radius 2 is 1.95 bits per heavy atom. The SMILES string of the molecule is CN1C2CCCC[C@H]3N[C@H](Cc4ccccc4)[C@@H]1C[C@@]23C. The number of likely N-dealkylation sites (N-methyl/N-ethyl adjacent to an activating group) is 1. The molecule has 2 bridgehead atoms. The molecule has 4 rings (SSSR count). The topological polar surface area (TPSA) is 15.3 Å². The van der Waals surface area contributed by atoms with Gasteiger partial charge in [-0.25, -0.2) is 0 Å². The molecule has 3 aliphatic rings. The van der Waals surface area contributed by atoms with Crippen LogP contribution in [-0.4, -0.2) is 36.1 Å². The van der Waals surface area contributed by atoms with Crippen molar-refractivity contribution in [2.45, 2.75) is 69.6 Å². The molecule has 1 saturated carbocycles. The molecule has 2 saturated heterocycles. The van der Waals surface area contributed by atoms with E-state index < -0.39 is 0 Å². The molecule has 1 unspecified atom stereocenters. The van der Waals surface area contributed by atoms with Crippen molar-refractivity contribution in [3.8, 4) is 0 Å². The average molecular weight is 284 g/mol. The summed E-state index contributed by atoms with van der Waals surface area (Å²) in [5, 5.41) is 4.06. The summed E-state index contributed by atoms with van der Waals surface area (Å²) in [5.41, 5.74) is 1.98. The molecule has 0 amide bonds. The largest absolute Gasteiger partial charge is 0.309 e. The Labute approximate surface area is 128 Å². The number of nitrogens with one attached hydrogen (secondary N) is 1. The number of likely N-dealkylation sites (tertiary alicyclic amines) is 1. The van der Waals surface area contributed by atoms with Crippen LogP contribution >= 0.6 is 0 Å². The van der Waals surface area contributed by atoms with E-state index in [9.17, 15) is 0 Å². The van der Waals surface area contributed by atoms with Crippen LogP contribution in [0, 0.1) is 5.41 Å². The molecule has 2 aliphatic heterocycles. The van der Waals surface area contributed by atoms with Crippen LogP contribution in [0.15, 0.2) is 30.3 Å². The number of nitrogens with zero attached hydrogens (tertiary/aromatic N) is 1. The fourth-order valence-corrected chi connectivity index (χ4v) is 5.48. The smallest absolute Gasteiger partial charge is 0.0266 e. The minimum Gasteiger partial charge on any atom is -0.309 e. The Morgan fingerprint density at radius 1 is 1.19 bits per heavy atom. The van der Waals surface area contributed by atoms with Gasteiger partial charge in [0.2, 0.25) is 0 Å². The third kappa shape index (κ3) is 2.15. The Hall–Kier alpha value is -0.860. The zero-order valence-corrected chi connectivity index (χ0v) is 13.4. The summed E-state index contributed by atoms with van der Waals surface area (Å²) >= 11 is 0. The first kappa shape index (κ1) is 13.8. The summed E-state index contributed by atoms with van der Waals surface area (Å²) in [5.74, 6) is 0. The molecule has 114 valence electrons. The zero-order valence-electron chi connectivity index (χ0n) is 13.4. The summed E-state index contributed by atoms with van der Waals surface area (Å²) in [6.45, 7) is 2.55. The van der Waals surface area contributed by atoms with Crippen molar-refractivity contribution in [3.63, 3.8) is 0 Å². The predicted molar refractivity (Wildman–Crippen MR) is 87.4 cm³/mol. The first-order chi connectivity index (χ1) is 10.2. The van der Waals surface area contributed by atoms with Crippen LogP contribution in [0.1, 0.15) is 44.6 Å². The summed E-state index contributed by atoms with van der Waals surface area (Å²) < 4.78 is 0. The van der Waals surface area contributed by atoms with E-state index in [0.717, 1.165) is 18.1 Å². The molecule has 1 aromatic rings. The molecule has 1 aromatic carbocycles. The number of hydrogen-bond acceptors (Lipinski definition) is 2. The normalized spacial score (nSPS) is 42.8. The van der Waals surface area contributed by atoms with E-state index in [1.54, 1.807) is 0 Å². The van der Waals surface area contributed by atoms with Gasteiger partial charge in [0.25, 0.3) is 0 Å². The highest BCUT2D eigenvalue weighted by Crippen LogP contribution is 2.51. The minimum atomic E-state index is 0.503. The summed E-state index contributed by atoms with van der Waals surface area (Å²) in [7, 11) is 2.38. The molecule has 3 fully saturated rings. The van der Waals surface area contributed by atoms with Crippen LogP contribution in [0.25, 0.3) is 0 Å². The van der Waals surface area contributed by atoms with Crippen LogP contribution in [0.5, 0.6) is 0 Å². The lowest BCUT2D eigenvalue weighted by molar-refractivity contribution is 0.142. The van der Waals surface area contributed by atoms with E-state index in [-0.39, 0.29) is 0 Å². The van der Waals surface area contributed by atoms with Crippen molar-refractivity contribution < 1.29 is 0 Å². The second-order valence-corrected chi connectivity index (χ2v) is 7.76. The maximum Gasteiger partial charge on any atom is 0.0266 e. The quantitative estimate of drug-likeness (QED) is 0.897. The van der Waals surface area contributed by atoms with Gasteiger partial charge in [-0.15, -0.1) is 0 Å². The number of hydrogen-bond donors (Lipinski definition) is 1. The van der Waals surface area contributed by atoms with Gasteiger partial charge in [-0.1, -0.05) is 50.1 Å². The average Bonchev–Trinajstić information content (AvgIpc) is 2.61. The first-order valence-corrected chi connectivity index (χ1v) is 8.70. The Balaban J connectivity index is 1.61. The van der Waals surface area contributed by atoms with Gasteiger partial charge in [0, 0.05) is 24.2 Å². The fraction of sp³-hybridized carbons (Fsp3) is 0.684. The van der Waals surface area contributed by atoms with E-state index in [4.69, 9.17) is 0 Å². The maximum atomic E-state index is 4.06. The lowest BCUT2D eigenvalue weighted by Crippen LogP contribution is -2.57. The van der Waals surface area contributed by atoms with E-state index in [2.05, 4.69) is 54.5 Å². The van der Waals surface area contributed by atoms with Crippen LogP contribution in [0.4, 0.5) is 0 Å². The van der Waals surface area contributed by atoms with Gasteiger partial charge in [-0.2, -0.15) is 0 Å². The van der Waals surface area contributed by atoms with Gasteiger partial charge in [0.05, 0.1) is 0 Å². The van der Waals surface area contributed by atoms with Gasteiger partial charge in [0.1, 0.15) is 0 Å². The van der Waals surface area contributed by atoms with Gasteiger partial charge < -0.3 is 5.32 Å². The minimum absolute atomic E-state index is 0.503. The highest BCUT2D eigenvalue weighted by Gasteiger charge is 2.57. The van der Waals surface area contributed by atoms with Crippen molar-refractivity contribution in [1.29, 1.82) is 0 Å². The van der Waals surface area contributed by atoms with Crippen LogP contribution in [0.3, 0.4) is 0 Å². The monoisotopic (exact) mass is 284 g/mol. The number of fused-ring (bicyclic) bond motifs is 1. The van der Waals surface area contributed by atoms with Gasteiger partial charge >= 0.3 is 0 Å². The third-order valence-electron chi connectivity index (χ3n) is 6.62. The second-order valence-electron chi connectivity index (χ2n) is 7.76.